The van der Waals surface area contributed by atoms with E-state index in [4.69, 9.17) is 11.5 Å². The Morgan fingerprint density at radius 1 is 1.35 bits per heavy atom. The van der Waals surface area contributed by atoms with Crippen molar-refractivity contribution in [3.8, 4) is 0 Å². The van der Waals surface area contributed by atoms with Crippen LogP contribution < -0.4 is 11.5 Å². The Balaban J connectivity index is 1.95. The minimum Gasteiger partial charge on any atom is -0.368 e. The van der Waals surface area contributed by atoms with Crippen LogP contribution in [-0.2, 0) is 10.5 Å². The van der Waals surface area contributed by atoms with Gasteiger partial charge in [0.2, 0.25) is 5.91 Å². The second-order valence-electron chi connectivity index (χ2n) is 6.05. The molecule has 1 aromatic rings. The fourth-order valence-electron chi connectivity index (χ4n) is 2.99. The van der Waals surface area contributed by atoms with Gasteiger partial charge in [-0.3, -0.25) is 4.79 Å². The van der Waals surface area contributed by atoms with E-state index in [9.17, 15) is 4.79 Å². The van der Waals surface area contributed by atoms with Crippen molar-refractivity contribution in [3.63, 3.8) is 0 Å². The number of aryl methyl sites for hydroxylation is 2. The highest BCUT2D eigenvalue weighted by Gasteiger charge is 2.37. The molecule has 4 N–H and O–H groups in total. The van der Waals surface area contributed by atoms with E-state index in [2.05, 4.69) is 32.0 Å². The Bertz CT molecular complexity index is 483. The molecule has 2 unspecified atom stereocenters. The standard InChI is InChI=1S/C16H24N2OS/c1-11-6-12(2)8-13(7-11)10-20-14-4-3-5-16(18,9-14)15(17)19/h6-8,14H,3-5,9-10,18H2,1-2H3,(H2,17,19). The van der Waals surface area contributed by atoms with Gasteiger partial charge in [-0.1, -0.05) is 29.3 Å². The van der Waals surface area contributed by atoms with Gasteiger partial charge in [-0.25, -0.2) is 0 Å². The van der Waals surface area contributed by atoms with Gasteiger partial charge in [0.1, 0.15) is 0 Å². The van der Waals surface area contributed by atoms with E-state index in [1.807, 2.05) is 11.8 Å². The molecule has 0 aliphatic heterocycles. The first-order valence-electron chi connectivity index (χ1n) is 7.17. The maximum Gasteiger partial charge on any atom is 0.237 e. The molecule has 2 atom stereocenters. The summed E-state index contributed by atoms with van der Waals surface area (Å²) < 4.78 is 0. The predicted octanol–water partition coefficient (Wildman–Crippen LogP) is 2.66. The number of benzene rings is 1. The van der Waals surface area contributed by atoms with E-state index < -0.39 is 5.54 Å². The summed E-state index contributed by atoms with van der Waals surface area (Å²) in [5.41, 5.74) is 14.7. The summed E-state index contributed by atoms with van der Waals surface area (Å²) in [4.78, 5) is 11.5. The van der Waals surface area contributed by atoms with Crippen LogP contribution in [0.5, 0.6) is 0 Å². The Morgan fingerprint density at radius 3 is 2.60 bits per heavy atom. The van der Waals surface area contributed by atoms with Crippen molar-refractivity contribution in [2.45, 2.75) is 56.1 Å². The van der Waals surface area contributed by atoms with E-state index in [1.54, 1.807) is 0 Å². The molecule has 3 nitrogen and oxygen atoms in total. The van der Waals surface area contributed by atoms with Crippen LogP contribution in [0, 0.1) is 13.8 Å². The zero-order chi connectivity index (χ0) is 14.8. The number of carbonyl (C=O) groups excluding carboxylic acids is 1. The molecule has 0 spiro atoms. The number of hydrogen-bond acceptors (Lipinski definition) is 3. The van der Waals surface area contributed by atoms with Crippen LogP contribution in [0.2, 0.25) is 0 Å². The van der Waals surface area contributed by atoms with Gasteiger partial charge in [-0.05, 0) is 45.1 Å². The van der Waals surface area contributed by atoms with Crippen LogP contribution in [0.15, 0.2) is 18.2 Å². The molecule has 1 aliphatic carbocycles. The average molecular weight is 292 g/mol. The summed E-state index contributed by atoms with van der Waals surface area (Å²) >= 11 is 1.90. The molecule has 1 aliphatic rings. The second-order valence-corrected chi connectivity index (χ2v) is 7.33. The van der Waals surface area contributed by atoms with Gasteiger partial charge in [0, 0.05) is 11.0 Å². The second kappa shape index (κ2) is 6.19. The maximum absolute atomic E-state index is 11.5. The number of hydrogen-bond donors (Lipinski definition) is 2. The normalized spacial score (nSPS) is 26.4. The molecule has 1 aromatic carbocycles. The molecular formula is C16H24N2OS. The van der Waals surface area contributed by atoms with E-state index in [1.165, 1.54) is 16.7 Å². The lowest BCUT2D eigenvalue weighted by Gasteiger charge is -2.35. The molecule has 1 saturated carbocycles. The molecule has 0 radical (unpaired) electrons. The van der Waals surface area contributed by atoms with Crippen molar-refractivity contribution in [2.24, 2.45) is 11.5 Å². The molecule has 1 fully saturated rings. The largest absolute Gasteiger partial charge is 0.368 e. The fourth-order valence-corrected chi connectivity index (χ4v) is 4.33. The number of carbonyl (C=O) groups is 1. The summed E-state index contributed by atoms with van der Waals surface area (Å²) in [7, 11) is 0. The van der Waals surface area contributed by atoms with Gasteiger partial charge in [0.25, 0.3) is 0 Å². The van der Waals surface area contributed by atoms with Gasteiger partial charge in [-0.2, -0.15) is 11.8 Å². The third-order valence-corrected chi connectivity index (χ3v) is 5.37. The number of nitrogens with two attached hydrogens (primary N) is 2. The average Bonchev–Trinajstić information content (AvgIpc) is 2.35. The summed E-state index contributed by atoms with van der Waals surface area (Å²) in [6.45, 7) is 4.25. The third kappa shape index (κ3) is 3.76. The zero-order valence-electron chi connectivity index (χ0n) is 12.3. The molecule has 0 saturated heterocycles. The lowest BCUT2D eigenvalue weighted by atomic mass is 9.82. The van der Waals surface area contributed by atoms with Crippen LogP contribution in [-0.4, -0.2) is 16.7 Å². The lowest BCUT2D eigenvalue weighted by Crippen LogP contribution is -2.55. The summed E-state index contributed by atoms with van der Waals surface area (Å²) in [6.07, 6.45) is 3.55. The van der Waals surface area contributed by atoms with Crippen LogP contribution in [0.4, 0.5) is 0 Å². The Morgan fingerprint density at radius 2 is 2.00 bits per heavy atom. The van der Waals surface area contributed by atoms with Gasteiger partial charge in [0.15, 0.2) is 0 Å². The molecule has 110 valence electrons. The Hall–Kier alpha value is -1.00. The first-order chi connectivity index (χ1) is 9.39. The minimum absolute atomic E-state index is 0.353. The topological polar surface area (TPSA) is 69.1 Å². The Kier molecular flexibility index (Phi) is 4.76. The molecule has 4 heteroatoms. The first kappa shape index (κ1) is 15.4. The van der Waals surface area contributed by atoms with Gasteiger partial charge < -0.3 is 11.5 Å². The lowest BCUT2D eigenvalue weighted by molar-refractivity contribution is -0.124. The van der Waals surface area contributed by atoms with Crippen molar-refractivity contribution in [3.05, 3.63) is 34.9 Å². The highest BCUT2D eigenvalue weighted by molar-refractivity contribution is 7.99. The number of rotatable bonds is 4. The molecule has 0 bridgehead atoms. The van der Waals surface area contributed by atoms with Crippen molar-refractivity contribution in [1.82, 2.24) is 0 Å². The fraction of sp³-hybridized carbons (Fsp3) is 0.562. The van der Waals surface area contributed by atoms with Crippen molar-refractivity contribution in [1.29, 1.82) is 0 Å². The van der Waals surface area contributed by atoms with Crippen molar-refractivity contribution < 1.29 is 4.79 Å². The van der Waals surface area contributed by atoms with E-state index in [0.717, 1.165) is 25.0 Å². The first-order valence-corrected chi connectivity index (χ1v) is 8.21. The molecule has 20 heavy (non-hydrogen) atoms. The molecule has 2 rings (SSSR count). The van der Waals surface area contributed by atoms with Crippen LogP contribution in [0.1, 0.15) is 42.4 Å². The maximum atomic E-state index is 11.5. The number of primary amides is 1. The molecular weight excluding hydrogens is 268 g/mol. The quantitative estimate of drug-likeness (QED) is 0.896. The highest BCUT2D eigenvalue weighted by atomic mass is 32.2. The molecule has 0 heterocycles. The predicted molar refractivity (Wildman–Crippen MR) is 85.6 cm³/mol. The summed E-state index contributed by atoms with van der Waals surface area (Å²) in [5.74, 6) is 0.622. The highest BCUT2D eigenvalue weighted by Crippen LogP contribution is 2.35. The SMILES string of the molecule is Cc1cc(C)cc(CSC2CCCC(N)(C(N)=O)C2)c1. The monoisotopic (exact) mass is 292 g/mol. The van der Waals surface area contributed by atoms with Crippen LogP contribution >= 0.6 is 11.8 Å². The molecule has 0 aromatic heterocycles. The van der Waals surface area contributed by atoms with Crippen molar-refractivity contribution >= 4 is 17.7 Å². The van der Waals surface area contributed by atoms with E-state index in [-0.39, 0.29) is 5.91 Å². The van der Waals surface area contributed by atoms with Crippen LogP contribution in [0.25, 0.3) is 0 Å². The van der Waals surface area contributed by atoms with Crippen LogP contribution in [0.3, 0.4) is 0 Å². The Labute approximate surface area is 125 Å². The number of thioether (sulfide) groups is 1. The summed E-state index contributed by atoms with van der Waals surface area (Å²) in [6, 6.07) is 6.64. The third-order valence-electron chi connectivity index (χ3n) is 4.00. The summed E-state index contributed by atoms with van der Waals surface area (Å²) in [5, 5.41) is 0.432. The number of amides is 1. The van der Waals surface area contributed by atoms with Gasteiger partial charge in [0.05, 0.1) is 5.54 Å². The van der Waals surface area contributed by atoms with Gasteiger partial charge >= 0.3 is 0 Å². The molecule has 1 amide bonds. The van der Waals surface area contributed by atoms with Gasteiger partial charge in [-0.15, -0.1) is 0 Å². The van der Waals surface area contributed by atoms with E-state index >= 15 is 0 Å². The minimum atomic E-state index is -0.793. The van der Waals surface area contributed by atoms with E-state index in [0.29, 0.717) is 11.7 Å². The van der Waals surface area contributed by atoms with Crippen molar-refractivity contribution in [2.75, 3.05) is 0 Å². The zero-order valence-corrected chi connectivity index (χ0v) is 13.1. The smallest absolute Gasteiger partial charge is 0.237 e.